The highest BCUT2D eigenvalue weighted by Crippen LogP contribution is 2.32. The van der Waals surface area contributed by atoms with Crippen molar-refractivity contribution in [3.63, 3.8) is 0 Å². The molecule has 0 saturated carbocycles. The first-order valence-corrected chi connectivity index (χ1v) is 8.54. The second-order valence-corrected chi connectivity index (χ2v) is 7.31. The van der Waals surface area contributed by atoms with Crippen molar-refractivity contribution >= 4 is 33.9 Å². The van der Waals surface area contributed by atoms with Gasteiger partial charge in [-0.3, -0.25) is 9.36 Å². The lowest BCUT2D eigenvalue weighted by Crippen LogP contribution is -2.21. The standard InChI is InChI=1S/C18H13F3N2OS/c1-10-2-4-13(25-10)8-11-6-7-23-16(11)22-15-9-12(18(19,20)21)3-5-14(15)17(23)24/h2-5,8-9H,6-7H2,1H3. The van der Waals surface area contributed by atoms with Crippen molar-refractivity contribution in [3.8, 4) is 0 Å². The van der Waals surface area contributed by atoms with Gasteiger partial charge in [-0.15, -0.1) is 11.3 Å². The van der Waals surface area contributed by atoms with Crippen LogP contribution in [0.1, 0.15) is 27.6 Å². The molecule has 3 nitrogen and oxygen atoms in total. The minimum Gasteiger partial charge on any atom is -0.292 e. The van der Waals surface area contributed by atoms with Gasteiger partial charge in [-0.2, -0.15) is 13.2 Å². The van der Waals surface area contributed by atoms with E-state index in [1.54, 1.807) is 15.9 Å². The van der Waals surface area contributed by atoms with E-state index < -0.39 is 11.7 Å². The highest BCUT2D eigenvalue weighted by Gasteiger charge is 2.31. The van der Waals surface area contributed by atoms with Gasteiger partial charge in [-0.25, -0.2) is 4.98 Å². The molecule has 7 heteroatoms. The van der Waals surface area contributed by atoms with Gasteiger partial charge in [0.05, 0.1) is 16.5 Å². The normalized spacial score (nSPS) is 15.9. The number of allylic oxidation sites excluding steroid dienone is 1. The first-order valence-electron chi connectivity index (χ1n) is 7.72. The fourth-order valence-electron chi connectivity index (χ4n) is 3.03. The van der Waals surface area contributed by atoms with Crippen molar-refractivity contribution in [2.45, 2.75) is 26.1 Å². The molecular formula is C18H13F3N2OS. The SMILES string of the molecule is Cc1ccc(C=C2CCn3c2nc2cc(C(F)(F)F)ccc2c3=O)s1. The van der Waals surface area contributed by atoms with Crippen LogP contribution in [0.3, 0.4) is 0 Å². The monoisotopic (exact) mass is 362 g/mol. The Morgan fingerprint density at radius 3 is 2.72 bits per heavy atom. The number of hydrogen-bond acceptors (Lipinski definition) is 3. The van der Waals surface area contributed by atoms with Crippen LogP contribution in [-0.4, -0.2) is 9.55 Å². The quantitative estimate of drug-likeness (QED) is 0.627. The molecule has 3 heterocycles. The highest BCUT2D eigenvalue weighted by atomic mass is 32.1. The van der Waals surface area contributed by atoms with Gasteiger partial charge in [0.1, 0.15) is 5.82 Å². The first kappa shape index (κ1) is 16.1. The predicted molar refractivity (Wildman–Crippen MR) is 92.5 cm³/mol. The Morgan fingerprint density at radius 1 is 1.24 bits per heavy atom. The van der Waals surface area contributed by atoms with Crippen molar-refractivity contribution in [3.05, 3.63) is 61.8 Å². The molecule has 3 aromatic rings. The van der Waals surface area contributed by atoms with E-state index in [4.69, 9.17) is 0 Å². The lowest BCUT2D eigenvalue weighted by atomic mass is 10.1. The van der Waals surface area contributed by atoms with Crippen molar-refractivity contribution in [1.29, 1.82) is 0 Å². The lowest BCUT2D eigenvalue weighted by Gasteiger charge is -2.09. The van der Waals surface area contributed by atoms with Gasteiger partial charge >= 0.3 is 6.18 Å². The van der Waals surface area contributed by atoms with Crippen molar-refractivity contribution in [2.24, 2.45) is 0 Å². The summed E-state index contributed by atoms with van der Waals surface area (Å²) < 4.78 is 40.4. The fraction of sp³-hybridized carbons (Fsp3) is 0.222. The number of hydrogen-bond donors (Lipinski definition) is 0. The molecule has 0 amide bonds. The Bertz CT molecular complexity index is 1080. The second kappa shape index (κ2) is 5.56. The fourth-order valence-corrected chi connectivity index (χ4v) is 3.88. The molecule has 0 atom stereocenters. The summed E-state index contributed by atoms with van der Waals surface area (Å²) >= 11 is 1.62. The van der Waals surface area contributed by atoms with Crippen LogP contribution in [-0.2, 0) is 12.7 Å². The molecule has 25 heavy (non-hydrogen) atoms. The van der Waals surface area contributed by atoms with Crippen LogP contribution in [0.15, 0.2) is 35.1 Å². The summed E-state index contributed by atoms with van der Waals surface area (Å²) in [6.07, 6.45) is -1.86. The highest BCUT2D eigenvalue weighted by molar-refractivity contribution is 7.12. The van der Waals surface area contributed by atoms with E-state index in [0.29, 0.717) is 18.8 Å². The zero-order chi connectivity index (χ0) is 17.8. The van der Waals surface area contributed by atoms with Gasteiger partial charge in [-0.05, 0) is 55.3 Å². The Morgan fingerprint density at radius 2 is 2.04 bits per heavy atom. The molecule has 1 aromatic carbocycles. The molecule has 2 aromatic heterocycles. The van der Waals surface area contributed by atoms with Crippen LogP contribution < -0.4 is 5.56 Å². The number of nitrogens with zero attached hydrogens (tertiary/aromatic N) is 2. The minimum absolute atomic E-state index is 0.0845. The summed E-state index contributed by atoms with van der Waals surface area (Å²) in [5.74, 6) is 0.461. The Hall–Kier alpha value is -2.41. The van der Waals surface area contributed by atoms with E-state index in [-0.39, 0.29) is 16.5 Å². The molecule has 0 saturated heterocycles. The molecule has 0 aliphatic carbocycles. The lowest BCUT2D eigenvalue weighted by molar-refractivity contribution is -0.137. The van der Waals surface area contributed by atoms with E-state index in [0.717, 1.165) is 22.6 Å². The largest absolute Gasteiger partial charge is 0.416 e. The van der Waals surface area contributed by atoms with Gasteiger partial charge in [0.2, 0.25) is 0 Å². The Labute approximate surface area is 145 Å². The summed E-state index contributed by atoms with van der Waals surface area (Å²) in [7, 11) is 0. The minimum atomic E-state index is -4.46. The van der Waals surface area contributed by atoms with E-state index in [9.17, 15) is 18.0 Å². The third kappa shape index (κ3) is 2.78. The van der Waals surface area contributed by atoms with E-state index in [1.807, 2.05) is 25.1 Å². The first-order chi connectivity index (χ1) is 11.8. The van der Waals surface area contributed by atoms with E-state index in [1.165, 1.54) is 10.9 Å². The molecule has 0 unspecified atom stereocenters. The maximum Gasteiger partial charge on any atom is 0.416 e. The van der Waals surface area contributed by atoms with Crippen LogP contribution in [0.2, 0.25) is 0 Å². The molecule has 1 aliphatic heterocycles. The number of fused-ring (bicyclic) bond motifs is 2. The van der Waals surface area contributed by atoms with Crippen LogP contribution in [0.25, 0.3) is 22.6 Å². The van der Waals surface area contributed by atoms with Crippen LogP contribution in [0.4, 0.5) is 13.2 Å². The number of rotatable bonds is 1. The second-order valence-electron chi connectivity index (χ2n) is 5.99. The van der Waals surface area contributed by atoms with Gasteiger partial charge in [-0.1, -0.05) is 0 Å². The topological polar surface area (TPSA) is 34.9 Å². The molecule has 0 N–H and O–H groups in total. The molecule has 1 aliphatic rings. The number of benzene rings is 1. The average molecular weight is 362 g/mol. The van der Waals surface area contributed by atoms with Crippen molar-refractivity contribution < 1.29 is 13.2 Å². The van der Waals surface area contributed by atoms with Gasteiger partial charge in [0.15, 0.2) is 0 Å². The third-order valence-electron chi connectivity index (χ3n) is 4.25. The number of halogens is 3. The molecule has 4 rings (SSSR count). The smallest absolute Gasteiger partial charge is 0.292 e. The number of thiophene rings is 1. The number of aryl methyl sites for hydroxylation is 1. The summed E-state index contributed by atoms with van der Waals surface area (Å²) in [5, 5.41) is 0.213. The van der Waals surface area contributed by atoms with Crippen molar-refractivity contribution in [2.75, 3.05) is 0 Å². The summed E-state index contributed by atoms with van der Waals surface area (Å²) in [6.45, 7) is 2.50. The zero-order valence-corrected chi connectivity index (χ0v) is 14.0. The van der Waals surface area contributed by atoms with E-state index >= 15 is 0 Å². The molecule has 128 valence electrons. The molecule has 0 fully saturated rings. The van der Waals surface area contributed by atoms with Crippen LogP contribution in [0, 0.1) is 6.92 Å². The van der Waals surface area contributed by atoms with E-state index in [2.05, 4.69) is 4.98 Å². The molecule has 0 radical (unpaired) electrons. The maximum atomic E-state index is 12.9. The maximum absolute atomic E-state index is 12.9. The van der Waals surface area contributed by atoms with Gasteiger partial charge < -0.3 is 0 Å². The Kier molecular flexibility index (Phi) is 3.57. The summed E-state index contributed by atoms with van der Waals surface area (Å²) in [6, 6.07) is 7.07. The Balaban J connectivity index is 1.90. The predicted octanol–water partition coefficient (Wildman–Crippen LogP) is 4.73. The number of alkyl halides is 3. The molecule has 0 spiro atoms. The van der Waals surface area contributed by atoms with Gasteiger partial charge in [0, 0.05) is 16.3 Å². The number of aromatic nitrogens is 2. The zero-order valence-electron chi connectivity index (χ0n) is 13.2. The third-order valence-corrected chi connectivity index (χ3v) is 5.20. The summed E-state index contributed by atoms with van der Waals surface area (Å²) in [5.41, 5.74) is -0.131. The van der Waals surface area contributed by atoms with Gasteiger partial charge in [0.25, 0.3) is 5.56 Å². The molecular weight excluding hydrogens is 349 g/mol. The summed E-state index contributed by atoms with van der Waals surface area (Å²) in [4.78, 5) is 19.2. The van der Waals surface area contributed by atoms with Crippen LogP contribution in [0.5, 0.6) is 0 Å². The molecule has 0 bridgehead atoms. The average Bonchev–Trinajstić information content (AvgIpc) is 3.13. The van der Waals surface area contributed by atoms with Crippen LogP contribution >= 0.6 is 11.3 Å². The van der Waals surface area contributed by atoms with Crippen molar-refractivity contribution in [1.82, 2.24) is 9.55 Å².